The summed E-state index contributed by atoms with van der Waals surface area (Å²) in [5, 5.41) is 3.76. The highest BCUT2D eigenvalue weighted by Crippen LogP contribution is 2.36. The molecule has 1 N–H and O–H groups in total. The maximum Gasteiger partial charge on any atom is 0.0339 e. The average Bonchev–Trinajstić information content (AvgIpc) is 3.31. The number of aromatic nitrogens is 1. The quantitative estimate of drug-likeness (QED) is 0.901. The largest absolute Gasteiger partial charge is 0.311 e. The first-order valence-electron chi connectivity index (χ1n) is 7.68. The van der Waals surface area contributed by atoms with Crippen LogP contribution in [0.3, 0.4) is 0 Å². The molecule has 1 saturated carbocycles. The molecule has 2 fully saturated rings. The summed E-state index contributed by atoms with van der Waals surface area (Å²) >= 11 is 0. The van der Waals surface area contributed by atoms with Crippen LogP contribution in [0.25, 0.3) is 0 Å². The average molecular weight is 259 g/mol. The topological polar surface area (TPSA) is 28.2 Å². The number of nitrogens with zero attached hydrogens (tertiary/aromatic N) is 2. The van der Waals surface area contributed by atoms with Crippen LogP contribution in [0.5, 0.6) is 0 Å². The minimum atomic E-state index is 0.474. The van der Waals surface area contributed by atoms with Crippen molar-refractivity contribution in [2.45, 2.75) is 51.2 Å². The first kappa shape index (κ1) is 13.1. The van der Waals surface area contributed by atoms with Crippen molar-refractivity contribution in [2.24, 2.45) is 5.92 Å². The van der Waals surface area contributed by atoms with Gasteiger partial charge >= 0.3 is 0 Å². The van der Waals surface area contributed by atoms with Gasteiger partial charge in [-0.3, -0.25) is 9.88 Å². The molecule has 3 atom stereocenters. The van der Waals surface area contributed by atoms with E-state index in [1.165, 1.54) is 31.4 Å². The molecule has 0 aromatic carbocycles. The number of hydrogen-bond acceptors (Lipinski definition) is 3. The Morgan fingerprint density at radius 2 is 2.32 bits per heavy atom. The summed E-state index contributed by atoms with van der Waals surface area (Å²) in [6.45, 7) is 6.96. The van der Waals surface area contributed by atoms with Crippen molar-refractivity contribution in [3.63, 3.8) is 0 Å². The van der Waals surface area contributed by atoms with Crippen molar-refractivity contribution in [1.29, 1.82) is 0 Å². The van der Waals surface area contributed by atoms with E-state index < -0.39 is 0 Å². The molecule has 3 unspecified atom stereocenters. The third-order valence-corrected chi connectivity index (χ3v) is 4.82. The number of rotatable bonds is 4. The molecule has 1 aromatic heterocycles. The lowest BCUT2D eigenvalue weighted by molar-refractivity contribution is 0.0801. The number of piperazine rings is 1. The highest BCUT2D eigenvalue weighted by atomic mass is 15.3. The molecule has 104 valence electrons. The summed E-state index contributed by atoms with van der Waals surface area (Å²) in [7, 11) is 0. The Hall–Kier alpha value is -0.930. The summed E-state index contributed by atoms with van der Waals surface area (Å²) in [6, 6.07) is 6.10. The van der Waals surface area contributed by atoms with Crippen LogP contribution in [-0.4, -0.2) is 35.1 Å². The van der Waals surface area contributed by atoms with E-state index in [1.54, 1.807) is 0 Å². The van der Waals surface area contributed by atoms with Gasteiger partial charge in [0.25, 0.3) is 0 Å². The van der Waals surface area contributed by atoms with Crippen LogP contribution in [0.2, 0.25) is 0 Å². The van der Waals surface area contributed by atoms with E-state index >= 15 is 0 Å². The number of hydrogen-bond donors (Lipinski definition) is 1. The van der Waals surface area contributed by atoms with Crippen molar-refractivity contribution < 1.29 is 0 Å². The van der Waals surface area contributed by atoms with Crippen molar-refractivity contribution in [1.82, 2.24) is 15.2 Å². The van der Waals surface area contributed by atoms with Crippen LogP contribution in [0.4, 0.5) is 0 Å². The van der Waals surface area contributed by atoms with E-state index in [0.717, 1.165) is 12.5 Å². The summed E-state index contributed by atoms with van der Waals surface area (Å²) in [4.78, 5) is 6.97. The fraction of sp³-hybridized carbons (Fsp3) is 0.688. The minimum Gasteiger partial charge on any atom is -0.311 e. The molecule has 1 saturated heterocycles. The molecule has 0 amide bonds. The molecule has 2 aliphatic rings. The SMILES string of the molecule is CCC1CNC(C2CC2)CN1C(C)c1cccnc1. The number of pyridine rings is 1. The zero-order valence-electron chi connectivity index (χ0n) is 12.0. The van der Waals surface area contributed by atoms with E-state index in [0.29, 0.717) is 18.1 Å². The third-order valence-electron chi connectivity index (χ3n) is 4.82. The van der Waals surface area contributed by atoms with Crippen molar-refractivity contribution in [3.05, 3.63) is 30.1 Å². The second-order valence-electron chi connectivity index (χ2n) is 6.07. The van der Waals surface area contributed by atoms with Crippen LogP contribution < -0.4 is 5.32 Å². The van der Waals surface area contributed by atoms with Crippen molar-refractivity contribution in [3.8, 4) is 0 Å². The van der Waals surface area contributed by atoms with Gasteiger partial charge in [-0.1, -0.05) is 13.0 Å². The van der Waals surface area contributed by atoms with Crippen LogP contribution in [-0.2, 0) is 0 Å². The predicted molar refractivity (Wildman–Crippen MR) is 78.0 cm³/mol. The lowest BCUT2D eigenvalue weighted by Crippen LogP contribution is -2.57. The van der Waals surface area contributed by atoms with Gasteiger partial charge in [0.15, 0.2) is 0 Å². The molecular formula is C16H25N3. The molecule has 19 heavy (non-hydrogen) atoms. The van der Waals surface area contributed by atoms with E-state index in [4.69, 9.17) is 0 Å². The van der Waals surface area contributed by atoms with Crippen molar-refractivity contribution in [2.75, 3.05) is 13.1 Å². The lowest BCUT2D eigenvalue weighted by Gasteiger charge is -2.43. The molecular weight excluding hydrogens is 234 g/mol. The normalized spacial score (nSPS) is 30.2. The van der Waals surface area contributed by atoms with E-state index in [-0.39, 0.29) is 0 Å². The molecule has 2 heterocycles. The molecule has 1 aliphatic heterocycles. The van der Waals surface area contributed by atoms with E-state index in [1.807, 2.05) is 18.5 Å². The Labute approximate surface area is 116 Å². The second-order valence-corrected chi connectivity index (χ2v) is 6.07. The molecule has 1 aliphatic carbocycles. The zero-order valence-corrected chi connectivity index (χ0v) is 12.0. The fourth-order valence-corrected chi connectivity index (χ4v) is 3.33. The molecule has 0 radical (unpaired) electrons. The van der Waals surface area contributed by atoms with Gasteiger partial charge in [-0.05, 0) is 43.7 Å². The Bertz CT molecular complexity index is 402. The minimum absolute atomic E-state index is 0.474. The summed E-state index contributed by atoms with van der Waals surface area (Å²) < 4.78 is 0. The van der Waals surface area contributed by atoms with Gasteiger partial charge in [-0.15, -0.1) is 0 Å². The smallest absolute Gasteiger partial charge is 0.0339 e. The monoisotopic (exact) mass is 259 g/mol. The van der Waals surface area contributed by atoms with Crippen LogP contribution >= 0.6 is 0 Å². The zero-order chi connectivity index (χ0) is 13.2. The summed E-state index contributed by atoms with van der Waals surface area (Å²) in [5.74, 6) is 0.932. The predicted octanol–water partition coefficient (Wildman–Crippen LogP) is 2.61. The van der Waals surface area contributed by atoms with Gasteiger partial charge < -0.3 is 5.32 Å². The molecule has 3 rings (SSSR count). The highest BCUT2D eigenvalue weighted by molar-refractivity contribution is 5.14. The van der Waals surface area contributed by atoms with E-state index in [9.17, 15) is 0 Å². The summed E-state index contributed by atoms with van der Waals surface area (Å²) in [5.41, 5.74) is 1.34. The van der Waals surface area contributed by atoms with Crippen LogP contribution in [0.15, 0.2) is 24.5 Å². The molecule has 0 bridgehead atoms. The Balaban J connectivity index is 1.74. The Morgan fingerprint density at radius 1 is 1.47 bits per heavy atom. The van der Waals surface area contributed by atoms with E-state index in [2.05, 4.69) is 35.1 Å². The molecule has 3 nitrogen and oxygen atoms in total. The third kappa shape index (κ3) is 2.82. The van der Waals surface area contributed by atoms with Crippen molar-refractivity contribution >= 4 is 0 Å². The van der Waals surface area contributed by atoms with Gasteiger partial charge in [0.1, 0.15) is 0 Å². The van der Waals surface area contributed by atoms with Crippen LogP contribution in [0.1, 0.15) is 44.7 Å². The highest BCUT2D eigenvalue weighted by Gasteiger charge is 2.38. The van der Waals surface area contributed by atoms with Gasteiger partial charge in [-0.2, -0.15) is 0 Å². The Morgan fingerprint density at radius 3 is 2.95 bits per heavy atom. The Kier molecular flexibility index (Phi) is 3.85. The van der Waals surface area contributed by atoms with Crippen LogP contribution in [0, 0.1) is 5.92 Å². The second kappa shape index (κ2) is 5.59. The first-order valence-corrected chi connectivity index (χ1v) is 7.68. The maximum absolute atomic E-state index is 4.28. The standard InChI is InChI=1S/C16H25N3/c1-3-15-10-18-16(13-6-7-13)11-19(15)12(2)14-5-4-8-17-9-14/h4-5,8-9,12-13,15-16,18H,3,6-7,10-11H2,1-2H3. The molecule has 0 spiro atoms. The number of nitrogens with one attached hydrogen (secondary N) is 1. The lowest BCUT2D eigenvalue weighted by atomic mass is 9.99. The fourth-order valence-electron chi connectivity index (χ4n) is 3.33. The first-order chi connectivity index (χ1) is 9.29. The molecule has 1 aromatic rings. The maximum atomic E-state index is 4.28. The van der Waals surface area contributed by atoms with Gasteiger partial charge in [0, 0.05) is 43.6 Å². The van der Waals surface area contributed by atoms with Gasteiger partial charge in [0.2, 0.25) is 0 Å². The van der Waals surface area contributed by atoms with Gasteiger partial charge in [0.05, 0.1) is 0 Å². The summed E-state index contributed by atoms with van der Waals surface area (Å²) in [6.07, 6.45) is 7.94. The molecule has 3 heteroatoms. The van der Waals surface area contributed by atoms with Gasteiger partial charge in [-0.25, -0.2) is 0 Å².